The predicted molar refractivity (Wildman–Crippen MR) is 75.5 cm³/mol. The van der Waals surface area contributed by atoms with E-state index in [4.69, 9.17) is 0 Å². The molecule has 0 spiro atoms. The van der Waals surface area contributed by atoms with Gasteiger partial charge in [0, 0.05) is 26.5 Å². The zero-order valence-electron chi connectivity index (χ0n) is 10.0. The summed E-state index contributed by atoms with van der Waals surface area (Å²) in [5.74, 6) is 0. The Labute approximate surface area is 121 Å². The van der Waals surface area contributed by atoms with Gasteiger partial charge in [-0.05, 0) is 53.2 Å². The molecule has 19 heavy (non-hydrogen) atoms. The maximum absolute atomic E-state index is 12.6. The second-order valence-corrected chi connectivity index (χ2v) is 6.29. The summed E-state index contributed by atoms with van der Waals surface area (Å²) in [5.41, 5.74) is -0.207. The molecule has 0 fully saturated rings. The minimum atomic E-state index is -4.32. The Balaban J connectivity index is 2.15. The first-order chi connectivity index (χ1) is 8.86. The number of thiophene rings is 1. The highest BCUT2D eigenvalue weighted by Crippen LogP contribution is 2.34. The van der Waals surface area contributed by atoms with E-state index in [-0.39, 0.29) is 0 Å². The van der Waals surface area contributed by atoms with E-state index in [9.17, 15) is 13.2 Å². The van der Waals surface area contributed by atoms with Crippen LogP contribution in [0.1, 0.15) is 15.3 Å². The molecule has 0 saturated heterocycles. The highest BCUT2D eigenvalue weighted by Gasteiger charge is 2.30. The van der Waals surface area contributed by atoms with E-state index in [1.54, 1.807) is 11.3 Å². The fourth-order valence-corrected chi connectivity index (χ4v) is 2.82. The molecule has 0 atom stereocenters. The lowest BCUT2D eigenvalue weighted by Crippen LogP contribution is -2.06. The van der Waals surface area contributed by atoms with E-state index < -0.39 is 11.7 Å². The Morgan fingerprint density at radius 2 is 1.95 bits per heavy atom. The molecule has 2 aromatic rings. The SMILES string of the molecule is Cc1ccc(CNc2cc(C(F)(F)F)ccc2Br)s1. The Morgan fingerprint density at radius 1 is 1.21 bits per heavy atom. The average Bonchev–Trinajstić information content (AvgIpc) is 2.72. The largest absolute Gasteiger partial charge is 0.416 e. The number of hydrogen-bond donors (Lipinski definition) is 1. The van der Waals surface area contributed by atoms with Crippen molar-refractivity contribution in [3.8, 4) is 0 Å². The van der Waals surface area contributed by atoms with E-state index in [0.29, 0.717) is 16.7 Å². The topological polar surface area (TPSA) is 12.0 Å². The van der Waals surface area contributed by atoms with Gasteiger partial charge in [0.25, 0.3) is 0 Å². The Hall–Kier alpha value is -1.01. The lowest BCUT2D eigenvalue weighted by atomic mass is 10.2. The summed E-state index contributed by atoms with van der Waals surface area (Å²) in [7, 11) is 0. The van der Waals surface area contributed by atoms with Gasteiger partial charge in [-0.1, -0.05) is 0 Å². The molecular weight excluding hydrogens is 339 g/mol. The van der Waals surface area contributed by atoms with Crippen LogP contribution in [0.25, 0.3) is 0 Å². The Morgan fingerprint density at radius 3 is 2.53 bits per heavy atom. The Kier molecular flexibility index (Phi) is 4.20. The van der Waals surface area contributed by atoms with Crippen molar-refractivity contribution in [3.05, 3.63) is 50.1 Å². The molecule has 0 saturated carbocycles. The first-order valence-corrected chi connectivity index (χ1v) is 7.13. The van der Waals surface area contributed by atoms with E-state index in [0.717, 1.165) is 17.0 Å². The molecule has 1 nitrogen and oxygen atoms in total. The van der Waals surface area contributed by atoms with Crippen LogP contribution in [0.3, 0.4) is 0 Å². The molecule has 1 N–H and O–H groups in total. The van der Waals surface area contributed by atoms with Gasteiger partial charge in [-0.25, -0.2) is 0 Å². The normalized spacial score (nSPS) is 11.6. The van der Waals surface area contributed by atoms with Crippen LogP contribution in [0.15, 0.2) is 34.8 Å². The molecular formula is C13H11BrF3NS. The van der Waals surface area contributed by atoms with Gasteiger partial charge in [0.15, 0.2) is 0 Å². The highest BCUT2D eigenvalue weighted by molar-refractivity contribution is 9.10. The van der Waals surface area contributed by atoms with Crippen LogP contribution in [-0.4, -0.2) is 0 Å². The summed E-state index contributed by atoms with van der Waals surface area (Å²) in [6.45, 7) is 2.51. The van der Waals surface area contributed by atoms with Crippen LogP contribution in [0.5, 0.6) is 0 Å². The van der Waals surface area contributed by atoms with Gasteiger partial charge in [-0.3, -0.25) is 0 Å². The molecule has 0 aliphatic heterocycles. The number of benzene rings is 1. The molecule has 0 radical (unpaired) electrons. The van der Waals surface area contributed by atoms with Gasteiger partial charge >= 0.3 is 6.18 Å². The van der Waals surface area contributed by atoms with Crippen LogP contribution in [-0.2, 0) is 12.7 Å². The molecule has 6 heteroatoms. The summed E-state index contributed by atoms with van der Waals surface area (Å²) in [4.78, 5) is 2.27. The van der Waals surface area contributed by atoms with Crippen molar-refractivity contribution in [3.63, 3.8) is 0 Å². The third kappa shape index (κ3) is 3.73. The van der Waals surface area contributed by atoms with Gasteiger partial charge in [0.1, 0.15) is 0 Å². The number of halogens is 4. The van der Waals surface area contributed by atoms with Gasteiger partial charge in [-0.15, -0.1) is 11.3 Å². The minimum Gasteiger partial charge on any atom is -0.379 e. The number of nitrogens with one attached hydrogen (secondary N) is 1. The van der Waals surface area contributed by atoms with Crippen molar-refractivity contribution in [2.24, 2.45) is 0 Å². The second-order valence-electron chi connectivity index (χ2n) is 4.06. The van der Waals surface area contributed by atoms with Gasteiger partial charge in [-0.2, -0.15) is 13.2 Å². The molecule has 0 amide bonds. The molecule has 0 bridgehead atoms. The van der Waals surface area contributed by atoms with E-state index in [1.807, 2.05) is 19.1 Å². The molecule has 1 aromatic carbocycles. The van der Waals surface area contributed by atoms with E-state index in [1.165, 1.54) is 10.9 Å². The van der Waals surface area contributed by atoms with Crippen molar-refractivity contribution in [2.45, 2.75) is 19.6 Å². The third-order valence-corrected chi connectivity index (χ3v) is 4.23. The zero-order chi connectivity index (χ0) is 14.0. The van der Waals surface area contributed by atoms with Crippen molar-refractivity contribution in [1.82, 2.24) is 0 Å². The smallest absolute Gasteiger partial charge is 0.379 e. The molecule has 0 unspecified atom stereocenters. The maximum atomic E-state index is 12.6. The fourth-order valence-electron chi connectivity index (χ4n) is 1.60. The predicted octanol–water partition coefficient (Wildman–Crippen LogP) is 5.45. The van der Waals surface area contributed by atoms with Crippen molar-refractivity contribution >= 4 is 33.0 Å². The fraction of sp³-hybridized carbons (Fsp3) is 0.231. The second kappa shape index (κ2) is 5.54. The van der Waals surface area contributed by atoms with Gasteiger partial charge in [0.05, 0.1) is 5.56 Å². The standard InChI is InChI=1S/C13H11BrF3NS/c1-8-2-4-10(19-8)7-18-12-6-9(13(15,16)17)3-5-11(12)14/h2-6,18H,7H2,1H3. The van der Waals surface area contributed by atoms with Crippen LogP contribution < -0.4 is 5.32 Å². The van der Waals surface area contributed by atoms with Crippen molar-refractivity contribution < 1.29 is 13.2 Å². The van der Waals surface area contributed by atoms with Crippen LogP contribution in [0.2, 0.25) is 0 Å². The summed E-state index contributed by atoms with van der Waals surface area (Å²) in [6, 6.07) is 7.54. The van der Waals surface area contributed by atoms with Crippen molar-refractivity contribution in [2.75, 3.05) is 5.32 Å². The lowest BCUT2D eigenvalue weighted by molar-refractivity contribution is -0.137. The molecule has 0 aliphatic rings. The quantitative estimate of drug-likeness (QED) is 0.776. The summed E-state index contributed by atoms with van der Waals surface area (Å²) in [6.07, 6.45) is -4.32. The number of aryl methyl sites for hydroxylation is 1. The number of anilines is 1. The minimum absolute atomic E-state index is 0.445. The molecule has 2 rings (SSSR count). The molecule has 1 heterocycles. The zero-order valence-corrected chi connectivity index (χ0v) is 12.4. The van der Waals surface area contributed by atoms with Crippen LogP contribution in [0, 0.1) is 6.92 Å². The number of hydrogen-bond acceptors (Lipinski definition) is 2. The van der Waals surface area contributed by atoms with Crippen molar-refractivity contribution in [1.29, 1.82) is 0 Å². The first kappa shape index (κ1) is 14.4. The molecule has 102 valence electrons. The number of alkyl halides is 3. The average molecular weight is 350 g/mol. The summed E-state index contributed by atoms with van der Waals surface area (Å²) < 4.78 is 38.5. The van der Waals surface area contributed by atoms with Gasteiger partial charge < -0.3 is 5.32 Å². The van der Waals surface area contributed by atoms with E-state index in [2.05, 4.69) is 21.2 Å². The van der Waals surface area contributed by atoms with Crippen LogP contribution >= 0.6 is 27.3 Å². The monoisotopic (exact) mass is 349 g/mol. The van der Waals surface area contributed by atoms with Crippen LogP contribution in [0.4, 0.5) is 18.9 Å². The first-order valence-electron chi connectivity index (χ1n) is 5.52. The maximum Gasteiger partial charge on any atom is 0.416 e. The third-order valence-electron chi connectivity index (χ3n) is 2.54. The van der Waals surface area contributed by atoms with E-state index >= 15 is 0 Å². The highest BCUT2D eigenvalue weighted by atomic mass is 79.9. The summed E-state index contributed by atoms with van der Waals surface area (Å²) in [5, 5.41) is 3.02. The summed E-state index contributed by atoms with van der Waals surface area (Å²) >= 11 is 4.87. The Bertz CT molecular complexity index is 578. The lowest BCUT2D eigenvalue weighted by Gasteiger charge is -2.12. The molecule has 0 aliphatic carbocycles. The number of rotatable bonds is 3. The molecule has 1 aromatic heterocycles. The van der Waals surface area contributed by atoms with Gasteiger partial charge in [0.2, 0.25) is 0 Å².